The number of benzene rings is 1. The Bertz CT molecular complexity index is 894. The van der Waals surface area contributed by atoms with Crippen LogP contribution >= 0.6 is 0 Å². The largest absolute Gasteiger partial charge is 0.388 e. The van der Waals surface area contributed by atoms with Crippen LogP contribution in [0.25, 0.3) is 4.85 Å². The van der Waals surface area contributed by atoms with E-state index in [0.717, 1.165) is 51.5 Å². The third-order valence-electron chi connectivity index (χ3n) is 8.70. The topological polar surface area (TPSA) is 51.4 Å². The molecule has 1 heterocycles. The van der Waals surface area contributed by atoms with Crippen LogP contribution < -0.4 is 0 Å². The molecule has 0 atom stereocenters. The van der Waals surface area contributed by atoms with Crippen molar-refractivity contribution in [2.75, 3.05) is 33.2 Å². The minimum absolute atomic E-state index is 0.00288. The van der Waals surface area contributed by atoms with Crippen molar-refractivity contribution in [1.82, 2.24) is 14.7 Å². The van der Waals surface area contributed by atoms with E-state index in [9.17, 15) is 9.90 Å². The Hall–Kier alpha value is -2.10. The van der Waals surface area contributed by atoms with Crippen molar-refractivity contribution in [2.45, 2.75) is 87.9 Å². The van der Waals surface area contributed by atoms with E-state index in [-0.39, 0.29) is 17.1 Å². The van der Waals surface area contributed by atoms with Gasteiger partial charge in [0.1, 0.15) is 0 Å². The zero-order valence-corrected chi connectivity index (χ0v) is 20.8. The molecule has 1 aliphatic heterocycles. The van der Waals surface area contributed by atoms with Gasteiger partial charge in [0.2, 0.25) is 5.54 Å². The van der Waals surface area contributed by atoms with Gasteiger partial charge in [-0.05, 0) is 64.1 Å². The molecular formula is C27H40N4O2. The molecule has 3 fully saturated rings. The molecule has 0 radical (unpaired) electrons. The lowest BCUT2D eigenvalue weighted by Gasteiger charge is -2.53. The molecule has 180 valence electrons. The summed E-state index contributed by atoms with van der Waals surface area (Å²) < 4.78 is 0. The maximum absolute atomic E-state index is 13.6. The number of β-amino-alcohol motifs (C(OH)–C–C–N with tert-alkyl or cyclic N) is 1. The van der Waals surface area contributed by atoms with Crippen LogP contribution in [0.4, 0.5) is 4.79 Å². The summed E-state index contributed by atoms with van der Waals surface area (Å²) in [7, 11) is 2.21. The lowest BCUT2D eigenvalue weighted by Crippen LogP contribution is -2.59. The van der Waals surface area contributed by atoms with Crippen LogP contribution in [0, 0.1) is 6.57 Å². The minimum Gasteiger partial charge on any atom is -0.388 e. The standard InChI is InChI=1S/C27H40N4O2/c1-6-29(5)27(22-11-8-7-9-12-22)17-15-25(16-18-27)20-30(19-24(2,3)28-4)23(32)31(25)21-26(33)13-10-14-26/h7-9,11-12,33H,6,10,13-21H2,1-3,5H3. The summed E-state index contributed by atoms with van der Waals surface area (Å²) in [5, 5.41) is 11.0. The molecule has 2 aliphatic carbocycles. The second-order valence-corrected chi connectivity index (χ2v) is 11.4. The Kier molecular flexibility index (Phi) is 6.26. The predicted molar refractivity (Wildman–Crippen MR) is 131 cm³/mol. The first-order valence-electron chi connectivity index (χ1n) is 12.5. The first-order valence-corrected chi connectivity index (χ1v) is 12.5. The number of carbonyl (C=O) groups excluding carboxylic acids is 1. The number of carbonyl (C=O) groups is 1. The van der Waals surface area contributed by atoms with E-state index in [2.05, 4.69) is 54.0 Å². The van der Waals surface area contributed by atoms with Crippen LogP contribution in [0.3, 0.4) is 0 Å². The Balaban J connectivity index is 1.63. The maximum Gasteiger partial charge on any atom is 0.321 e. The molecule has 6 nitrogen and oxygen atoms in total. The average Bonchev–Trinajstić information content (AvgIpc) is 3.03. The van der Waals surface area contributed by atoms with Gasteiger partial charge in [0.05, 0.1) is 24.2 Å². The second-order valence-electron chi connectivity index (χ2n) is 11.4. The Morgan fingerprint density at radius 3 is 2.27 bits per heavy atom. The van der Waals surface area contributed by atoms with Gasteiger partial charge in [0.15, 0.2) is 0 Å². The number of amides is 2. The summed E-state index contributed by atoms with van der Waals surface area (Å²) in [5.41, 5.74) is -0.309. The van der Waals surface area contributed by atoms with Gasteiger partial charge in [-0.3, -0.25) is 4.90 Å². The molecule has 0 bridgehead atoms. The molecule has 6 heteroatoms. The molecule has 4 rings (SSSR count). The van der Waals surface area contributed by atoms with E-state index < -0.39 is 11.1 Å². The van der Waals surface area contributed by atoms with Crippen molar-refractivity contribution in [1.29, 1.82) is 0 Å². The van der Waals surface area contributed by atoms with Crippen LogP contribution in [0.15, 0.2) is 30.3 Å². The van der Waals surface area contributed by atoms with Crippen molar-refractivity contribution >= 4 is 6.03 Å². The van der Waals surface area contributed by atoms with Gasteiger partial charge in [-0.1, -0.05) is 37.3 Å². The fourth-order valence-electron chi connectivity index (χ4n) is 6.28. The van der Waals surface area contributed by atoms with Crippen molar-refractivity contribution < 1.29 is 9.90 Å². The highest BCUT2D eigenvalue weighted by atomic mass is 16.3. The highest BCUT2D eigenvalue weighted by molar-refractivity contribution is 5.78. The first kappa shape index (κ1) is 24.0. The molecule has 1 spiro atoms. The van der Waals surface area contributed by atoms with Crippen LogP contribution in [0.5, 0.6) is 0 Å². The molecule has 2 amide bonds. The SMILES string of the molecule is [C-]#[N+]C(C)(C)CN1CC2(CCC(c3ccccc3)(N(C)CC)CC2)N(CC2(O)CCC2)C1=O. The first-order chi connectivity index (χ1) is 15.6. The maximum atomic E-state index is 13.6. The number of urea groups is 1. The fraction of sp³-hybridized carbons (Fsp3) is 0.704. The van der Waals surface area contributed by atoms with Gasteiger partial charge in [-0.2, -0.15) is 0 Å². The van der Waals surface area contributed by atoms with Gasteiger partial charge in [-0.25, -0.2) is 11.4 Å². The van der Waals surface area contributed by atoms with Gasteiger partial charge in [0, 0.05) is 25.9 Å². The van der Waals surface area contributed by atoms with E-state index in [0.29, 0.717) is 19.6 Å². The fourth-order valence-corrected chi connectivity index (χ4v) is 6.28. The van der Waals surface area contributed by atoms with Gasteiger partial charge in [0.25, 0.3) is 0 Å². The summed E-state index contributed by atoms with van der Waals surface area (Å²) in [6, 6.07) is 10.8. The van der Waals surface area contributed by atoms with Crippen LogP contribution in [-0.4, -0.2) is 75.7 Å². The highest BCUT2D eigenvalue weighted by Gasteiger charge is 2.57. The number of hydrogen-bond donors (Lipinski definition) is 1. The van der Waals surface area contributed by atoms with E-state index in [1.807, 2.05) is 23.6 Å². The summed E-state index contributed by atoms with van der Waals surface area (Å²) >= 11 is 0. The third-order valence-corrected chi connectivity index (χ3v) is 8.70. The van der Waals surface area contributed by atoms with Gasteiger partial charge in [-0.15, -0.1) is 0 Å². The lowest BCUT2D eigenvalue weighted by molar-refractivity contribution is -0.0733. The molecule has 1 aromatic rings. The highest BCUT2D eigenvalue weighted by Crippen LogP contribution is 2.50. The third kappa shape index (κ3) is 4.26. The normalized spacial score (nSPS) is 29.4. The smallest absolute Gasteiger partial charge is 0.321 e. The molecule has 3 aliphatic rings. The lowest BCUT2D eigenvalue weighted by atomic mass is 9.67. The Morgan fingerprint density at radius 2 is 1.76 bits per heavy atom. The summed E-state index contributed by atoms with van der Waals surface area (Å²) in [4.78, 5) is 23.8. The van der Waals surface area contributed by atoms with Gasteiger partial charge < -0.3 is 19.8 Å². The predicted octanol–water partition coefficient (Wildman–Crippen LogP) is 4.50. The minimum atomic E-state index is -0.748. The summed E-state index contributed by atoms with van der Waals surface area (Å²) in [5.74, 6) is 0. The number of aliphatic hydroxyl groups is 1. The van der Waals surface area contributed by atoms with E-state index in [1.54, 1.807) is 0 Å². The van der Waals surface area contributed by atoms with Crippen LogP contribution in [0.2, 0.25) is 0 Å². The molecular weight excluding hydrogens is 412 g/mol. The van der Waals surface area contributed by atoms with Gasteiger partial charge >= 0.3 is 6.03 Å². The van der Waals surface area contributed by atoms with E-state index in [1.165, 1.54) is 5.56 Å². The average molecular weight is 453 g/mol. The van der Waals surface area contributed by atoms with Crippen LogP contribution in [0.1, 0.15) is 71.3 Å². The zero-order valence-electron chi connectivity index (χ0n) is 20.8. The Morgan fingerprint density at radius 1 is 1.12 bits per heavy atom. The number of rotatable bonds is 7. The monoisotopic (exact) mass is 452 g/mol. The van der Waals surface area contributed by atoms with Crippen molar-refractivity contribution in [3.05, 3.63) is 47.3 Å². The number of hydrogen-bond acceptors (Lipinski definition) is 3. The molecule has 1 aromatic carbocycles. The quantitative estimate of drug-likeness (QED) is 0.620. The molecule has 1 saturated heterocycles. The van der Waals surface area contributed by atoms with Crippen molar-refractivity contribution in [3.8, 4) is 0 Å². The van der Waals surface area contributed by atoms with Crippen molar-refractivity contribution in [2.24, 2.45) is 0 Å². The van der Waals surface area contributed by atoms with Crippen molar-refractivity contribution in [3.63, 3.8) is 0 Å². The van der Waals surface area contributed by atoms with Crippen LogP contribution in [-0.2, 0) is 5.54 Å². The zero-order chi connectivity index (χ0) is 23.9. The summed E-state index contributed by atoms with van der Waals surface area (Å²) in [6.45, 7) is 16.0. The second kappa shape index (κ2) is 8.60. The molecule has 0 aromatic heterocycles. The molecule has 1 N–H and O–H groups in total. The molecule has 33 heavy (non-hydrogen) atoms. The molecule has 2 saturated carbocycles. The molecule has 0 unspecified atom stereocenters. The van der Waals surface area contributed by atoms with E-state index in [4.69, 9.17) is 6.57 Å². The number of nitrogens with zero attached hydrogens (tertiary/aromatic N) is 4. The van der Waals surface area contributed by atoms with E-state index >= 15 is 0 Å². The summed E-state index contributed by atoms with van der Waals surface area (Å²) in [6.07, 6.45) is 6.33. The Labute approximate surface area is 199 Å².